The van der Waals surface area contributed by atoms with Gasteiger partial charge in [-0.2, -0.15) is 0 Å². The number of benzene rings is 1. The van der Waals surface area contributed by atoms with Crippen LogP contribution in [0.5, 0.6) is 0 Å². The average molecular weight is 256 g/mol. The van der Waals surface area contributed by atoms with Gasteiger partial charge in [-0.15, -0.1) is 0 Å². The number of hydrogen-bond donors (Lipinski definition) is 0. The van der Waals surface area contributed by atoms with Gasteiger partial charge in [0.15, 0.2) is 0 Å². The Morgan fingerprint density at radius 1 is 1.05 bits per heavy atom. The number of hydrogen-bond acceptors (Lipinski definition) is 1. The van der Waals surface area contributed by atoms with E-state index in [2.05, 4.69) is 47.7 Å². The topological polar surface area (TPSA) is 8.17 Å². The molecule has 1 saturated heterocycles. The van der Waals surface area contributed by atoms with Crippen molar-refractivity contribution in [3.05, 3.63) is 35.5 Å². The van der Waals surface area contributed by atoms with Crippen LogP contribution >= 0.6 is 0 Å². The quantitative estimate of drug-likeness (QED) is 0.792. The summed E-state index contributed by atoms with van der Waals surface area (Å²) in [7, 11) is 2.20. The van der Waals surface area contributed by atoms with E-state index in [1.165, 1.54) is 60.9 Å². The molecule has 0 saturated carbocycles. The van der Waals surface area contributed by atoms with Crippen LogP contribution in [0.4, 0.5) is 0 Å². The first kappa shape index (κ1) is 12.7. The number of fused-ring (bicyclic) bond motifs is 1. The number of rotatable bonds is 2. The molecular formula is C17H24N2. The molecule has 0 aliphatic carbocycles. The third-order valence-corrected chi connectivity index (χ3v) is 4.49. The van der Waals surface area contributed by atoms with E-state index in [1.807, 2.05) is 0 Å². The standard InChI is InChI=1S/C17H24N2/c1-14-8-7-9-17-16(14)12-15(18(17)2)13-19-10-5-3-4-6-11-19/h7-9,12H,3-6,10-11,13H2,1-2H3. The van der Waals surface area contributed by atoms with Crippen LogP contribution < -0.4 is 0 Å². The van der Waals surface area contributed by atoms with Gasteiger partial charge in [-0.1, -0.05) is 25.0 Å². The fourth-order valence-electron chi connectivity index (χ4n) is 3.24. The van der Waals surface area contributed by atoms with Crippen LogP contribution in [0.3, 0.4) is 0 Å². The molecule has 0 unspecified atom stereocenters. The summed E-state index contributed by atoms with van der Waals surface area (Å²) in [5.74, 6) is 0. The number of aryl methyl sites for hydroxylation is 2. The third kappa shape index (κ3) is 2.55. The molecule has 3 rings (SSSR count). The fraction of sp³-hybridized carbons (Fsp3) is 0.529. The minimum absolute atomic E-state index is 1.10. The zero-order chi connectivity index (χ0) is 13.2. The van der Waals surface area contributed by atoms with Crippen molar-refractivity contribution in [2.24, 2.45) is 7.05 Å². The van der Waals surface area contributed by atoms with Crippen LogP contribution in [0, 0.1) is 6.92 Å². The predicted molar refractivity (Wildman–Crippen MR) is 81.4 cm³/mol. The summed E-state index contributed by atoms with van der Waals surface area (Å²) >= 11 is 0. The third-order valence-electron chi connectivity index (χ3n) is 4.49. The van der Waals surface area contributed by atoms with Crippen molar-refractivity contribution in [2.75, 3.05) is 13.1 Å². The Morgan fingerprint density at radius 3 is 2.47 bits per heavy atom. The number of aromatic nitrogens is 1. The Morgan fingerprint density at radius 2 is 1.79 bits per heavy atom. The van der Waals surface area contributed by atoms with Gasteiger partial charge in [0, 0.05) is 30.2 Å². The normalized spacial score (nSPS) is 17.8. The molecule has 1 aromatic carbocycles. The van der Waals surface area contributed by atoms with Gasteiger partial charge in [-0.25, -0.2) is 0 Å². The zero-order valence-corrected chi connectivity index (χ0v) is 12.2. The lowest BCUT2D eigenvalue weighted by molar-refractivity contribution is 0.271. The lowest BCUT2D eigenvalue weighted by Crippen LogP contribution is -2.25. The lowest BCUT2D eigenvalue weighted by atomic mass is 10.1. The first-order valence-electron chi connectivity index (χ1n) is 7.52. The van der Waals surface area contributed by atoms with Gasteiger partial charge < -0.3 is 4.57 Å². The lowest BCUT2D eigenvalue weighted by Gasteiger charge is -2.20. The Bertz CT molecular complexity index is 560. The van der Waals surface area contributed by atoms with Crippen molar-refractivity contribution in [1.82, 2.24) is 9.47 Å². The maximum absolute atomic E-state index is 2.62. The van der Waals surface area contributed by atoms with Gasteiger partial charge in [0.05, 0.1) is 0 Å². The number of nitrogens with zero attached hydrogens (tertiary/aromatic N) is 2. The largest absolute Gasteiger partial charge is 0.346 e. The van der Waals surface area contributed by atoms with E-state index in [1.54, 1.807) is 0 Å². The molecule has 2 heterocycles. The van der Waals surface area contributed by atoms with Crippen LogP contribution in [0.15, 0.2) is 24.3 Å². The molecule has 1 aliphatic rings. The molecule has 2 nitrogen and oxygen atoms in total. The molecule has 1 aliphatic heterocycles. The Kier molecular flexibility index (Phi) is 3.61. The molecule has 0 bridgehead atoms. The second-order valence-corrected chi connectivity index (χ2v) is 5.89. The number of likely N-dealkylation sites (tertiary alicyclic amines) is 1. The SMILES string of the molecule is Cc1cccc2c1cc(CN1CCCCCC1)n2C. The summed E-state index contributed by atoms with van der Waals surface area (Å²) in [5, 5.41) is 1.41. The minimum Gasteiger partial charge on any atom is -0.346 e. The molecule has 19 heavy (non-hydrogen) atoms. The van der Waals surface area contributed by atoms with Crippen molar-refractivity contribution in [1.29, 1.82) is 0 Å². The van der Waals surface area contributed by atoms with Crippen LogP contribution in [0.25, 0.3) is 10.9 Å². The minimum atomic E-state index is 1.10. The molecule has 1 aromatic heterocycles. The summed E-state index contributed by atoms with van der Waals surface area (Å²) in [6.07, 6.45) is 5.54. The van der Waals surface area contributed by atoms with Crippen LogP contribution in [-0.2, 0) is 13.6 Å². The van der Waals surface area contributed by atoms with Crippen molar-refractivity contribution in [3.63, 3.8) is 0 Å². The molecule has 0 amide bonds. The molecule has 0 radical (unpaired) electrons. The highest BCUT2D eigenvalue weighted by Gasteiger charge is 2.13. The molecule has 102 valence electrons. The van der Waals surface area contributed by atoms with E-state index in [0.29, 0.717) is 0 Å². The summed E-state index contributed by atoms with van der Waals surface area (Å²) in [6.45, 7) is 5.84. The Labute approximate surface area is 116 Å². The highest BCUT2D eigenvalue weighted by Crippen LogP contribution is 2.23. The maximum Gasteiger partial charge on any atom is 0.0482 e. The summed E-state index contributed by atoms with van der Waals surface area (Å²) in [4.78, 5) is 2.62. The van der Waals surface area contributed by atoms with Gasteiger partial charge in [0.1, 0.15) is 0 Å². The summed E-state index contributed by atoms with van der Waals surface area (Å²) < 4.78 is 2.37. The van der Waals surface area contributed by atoms with Crippen molar-refractivity contribution < 1.29 is 0 Å². The Hall–Kier alpha value is -1.28. The van der Waals surface area contributed by atoms with Crippen LogP contribution in [0.2, 0.25) is 0 Å². The molecule has 0 N–H and O–H groups in total. The smallest absolute Gasteiger partial charge is 0.0482 e. The maximum atomic E-state index is 2.62. The van der Waals surface area contributed by atoms with Gasteiger partial charge in [0.25, 0.3) is 0 Å². The highest BCUT2D eigenvalue weighted by atomic mass is 15.1. The molecule has 0 spiro atoms. The van der Waals surface area contributed by atoms with Crippen molar-refractivity contribution in [2.45, 2.75) is 39.2 Å². The van der Waals surface area contributed by atoms with E-state index in [4.69, 9.17) is 0 Å². The molecular weight excluding hydrogens is 232 g/mol. The van der Waals surface area contributed by atoms with E-state index in [9.17, 15) is 0 Å². The molecule has 2 aromatic rings. The average Bonchev–Trinajstić information content (AvgIpc) is 2.60. The van der Waals surface area contributed by atoms with Gasteiger partial charge in [0.2, 0.25) is 0 Å². The zero-order valence-electron chi connectivity index (χ0n) is 12.2. The Balaban J connectivity index is 1.88. The summed E-state index contributed by atoms with van der Waals surface area (Å²) in [6, 6.07) is 8.98. The van der Waals surface area contributed by atoms with Crippen molar-refractivity contribution in [3.8, 4) is 0 Å². The summed E-state index contributed by atoms with van der Waals surface area (Å²) in [5.41, 5.74) is 4.20. The predicted octanol–water partition coefficient (Wildman–Crippen LogP) is 3.86. The second-order valence-electron chi connectivity index (χ2n) is 5.89. The van der Waals surface area contributed by atoms with Gasteiger partial charge in [-0.05, 0) is 50.6 Å². The fourth-order valence-corrected chi connectivity index (χ4v) is 3.24. The molecule has 2 heteroatoms. The first-order valence-corrected chi connectivity index (χ1v) is 7.52. The monoisotopic (exact) mass is 256 g/mol. The van der Waals surface area contributed by atoms with E-state index in [0.717, 1.165) is 6.54 Å². The highest BCUT2D eigenvalue weighted by molar-refractivity contribution is 5.84. The van der Waals surface area contributed by atoms with Crippen molar-refractivity contribution >= 4 is 10.9 Å². The van der Waals surface area contributed by atoms with E-state index >= 15 is 0 Å². The van der Waals surface area contributed by atoms with Crippen LogP contribution in [0.1, 0.15) is 36.9 Å². The second kappa shape index (κ2) is 5.38. The van der Waals surface area contributed by atoms with Crippen LogP contribution in [-0.4, -0.2) is 22.6 Å². The van der Waals surface area contributed by atoms with E-state index < -0.39 is 0 Å². The van der Waals surface area contributed by atoms with Gasteiger partial charge in [-0.3, -0.25) is 4.90 Å². The molecule has 1 fully saturated rings. The van der Waals surface area contributed by atoms with E-state index in [-0.39, 0.29) is 0 Å². The first-order chi connectivity index (χ1) is 9.25. The van der Waals surface area contributed by atoms with Gasteiger partial charge >= 0.3 is 0 Å². The molecule has 0 atom stereocenters.